The molecule has 3 N–H and O–H groups in total. The second-order valence-corrected chi connectivity index (χ2v) is 6.16. The molecule has 4 nitrogen and oxygen atoms in total. The van der Waals surface area contributed by atoms with Gasteiger partial charge in [0.2, 0.25) is 0 Å². The highest BCUT2D eigenvalue weighted by molar-refractivity contribution is 5.82. The number of nitrogens with one attached hydrogen (secondary N) is 1. The molecule has 0 aromatic heterocycles. The summed E-state index contributed by atoms with van der Waals surface area (Å²) in [7, 11) is 0. The third-order valence-electron chi connectivity index (χ3n) is 4.47. The largest absolute Gasteiger partial charge is 0.399 e. The molecule has 1 aliphatic rings. The van der Waals surface area contributed by atoms with Gasteiger partial charge in [0.1, 0.15) is 0 Å². The van der Waals surface area contributed by atoms with Crippen molar-refractivity contribution < 1.29 is 9.53 Å². The average Bonchev–Trinajstić information content (AvgIpc) is 2.60. The summed E-state index contributed by atoms with van der Waals surface area (Å²) in [6, 6.07) is 15.6. The number of anilines is 1. The summed E-state index contributed by atoms with van der Waals surface area (Å²) in [4.78, 5) is 12.8. The quantitative estimate of drug-likeness (QED) is 0.827. The molecule has 0 spiro atoms. The molecule has 3 rings (SSSR count). The van der Waals surface area contributed by atoms with Gasteiger partial charge in [0, 0.05) is 12.3 Å². The minimum atomic E-state index is -0.574. The summed E-state index contributed by atoms with van der Waals surface area (Å²) >= 11 is 0. The molecule has 126 valence electrons. The lowest BCUT2D eigenvalue weighted by atomic mass is 9.87. The van der Waals surface area contributed by atoms with Gasteiger partial charge in [-0.3, -0.25) is 4.79 Å². The van der Waals surface area contributed by atoms with Crippen LogP contribution in [0, 0.1) is 0 Å². The van der Waals surface area contributed by atoms with Crippen molar-refractivity contribution in [3.05, 3.63) is 65.2 Å². The number of carbonyl (C=O) groups excluding carboxylic acids is 1. The molecular formula is C20H24N2O2. The number of nitrogen functional groups attached to an aromatic ring is 1. The van der Waals surface area contributed by atoms with Crippen molar-refractivity contribution in [3.63, 3.8) is 0 Å². The van der Waals surface area contributed by atoms with Crippen LogP contribution in [0.2, 0.25) is 0 Å². The molecule has 0 saturated carbocycles. The molecular weight excluding hydrogens is 300 g/mol. The summed E-state index contributed by atoms with van der Waals surface area (Å²) in [5.41, 5.74) is 9.95. The van der Waals surface area contributed by atoms with Crippen LogP contribution in [-0.4, -0.2) is 12.5 Å². The lowest BCUT2D eigenvalue weighted by Crippen LogP contribution is -2.35. The van der Waals surface area contributed by atoms with Crippen LogP contribution < -0.4 is 11.1 Å². The summed E-state index contributed by atoms with van der Waals surface area (Å²) in [5.74, 6) is -0.0854. The Morgan fingerprint density at radius 1 is 1.29 bits per heavy atom. The van der Waals surface area contributed by atoms with Crippen molar-refractivity contribution in [2.45, 2.75) is 38.3 Å². The standard InChI is InChI=1S/C20H24N2O2/c1-2-24-19(14-7-4-3-5-8-14)20(23)22-18-10-6-9-15-13-16(21)11-12-17(15)18/h3-5,7-8,11-13,18-19H,2,6,9-10,21H2,1H3,(H,22,23). The minimum Gasteiger partial charge on any atom is -0.399 e. The van der Waals surface area contributed by atoms with E-state index in [0.29, 0.717) is 6.61 Å². The fourth-order valence-electron chi connectivity index (χ4n) is 3.35. The highest BCUT2D eigenvalue weighted by atomic mass is 16.5. The van der Waals surface area contributed by atoms with Gasteiger partial charge in [-0.15, -0.1) is 0 Å². The smallest absolute Gasteiger partial charge is 0.254 e. The fraction of sp³-hybridized carbons (Fsp3) is 0.350. The van der Waals surface area contributed by atoms with Gasteiger partial charge in [0.25, 0.3) is 5.91 Å². The Kier molecular flexibility index (Phi) is 5.16. The number of carbonyl (C=O) groups is 1. The molecule has 0 fully saturated rings. The van der Waals surface area contributed by atoms with Crippen LogP contribution >= 0.6 is 0 Å². The monoisotopic (exact) mass is 324 g/mol. The molecule has 0 heterocycles. The van der Waals surface area contributed by atoms with Crippen LogP contribution in [-0.2, 0) is 16.0 Å². The predicted molar refractivity (Wildman–Crippen MR) is 95.5 cm³/mol. The van der Waals surface area contributed by atoms with Gasteiger partial charge in [-0.1, -0.05) is 36.4 Å². The lowest BCUT2D eigenvalue weighted by molar-refractivity contribution is -0.133. The second kappa shape index (κ2) is 7.49. The molecule has 2 aromatic rings. The number of rotatable bonds is 5. The first kappa shape index (κ1) is 16.5. The van der Waals surface area contributed by atoms with Crippen LogP contribution in [0.15, 0.2) is 48.5 Å². The third-order valence-corrected chi connectivity index (χ3v) is 4.47. The van der Waals surface area contributed by atoms with Gasteiger partial charge in [0.05, 0.1) is 6.04 Å². The van der Waals surface area contributed by atoms with Crippen LogP contribution in [0.5, 0.6) is 0 Å². The van der Waals surface area contributed by atoms with Gasteiger partial charge in [0.15, 0.2) is 6.10 Å². The number of nitrogens with two attached hydrogens (primary N) is 1. The zero-order valence-electron chi connectivity index (χ0n) is 14.0. The highest BCUT2D eigenvalue weighted by Gasteiger charge is 2.27. The first-order valence-corrected chi connectivity index (χ1v) is 8.54. The maximum Gasteiger partial charge on any atom is 0.254 e. The van der Waals surface area contributed by atoms with E-state index in [9.17, 15) is 4.79 Å². The topological polar surface area (TPSA) is 64.3 Å². The Morgan fingerprint density at radius 3 is 2.83 bits per heavy atom. The first-order valence-electron chi connectivity index (χ1n) is 8.54. The fourth-order valence-corrected chi connectivity index (χ4v) is 3.35. The number of amides is 1. The molecule has 1 aliphatic carbocycles. The Balaban J connectivity index is 1.79. The van der Waals surface area contributed by atoms with E-state index in [-0.39, 0.29) is 11.9 Å². The van der Waals surface area contributed by atoms with Crippen LogP contribution in [0.3, 0.4) is 0 Å². The summed E-state index contributed by atoms with van der Waals surface area (Å²) in [5, 5.41) is 3.17. The van der Waals surface area contributed by atoms with E-state index in [1.54, 1.807) is 0 Å². The van der Waals surface area contributed by atoms with Gasteiger partial charge in [-0.2, -0.15) is 0 Å². The van der Waals surface area contributed by atoms with Crippen molar-refractivity contribution >= 4 is 11.6 Å². The van der Waals surface area contributed by atoms with Crippen LogP contribution in [0.4, 0.5) is 5.69 Å². The number of ether oxygens (including phenoxy) is 1. The van der Waals surface area contributed by atoms with Crippen molar-refractivity contribution in [3.8, 4) is 0 Å². The first-order chi connectivity index (χ1) is 11.7. The molecule has 2 atom stereocenters. The number of fused-ring (bicyclic) bond motifs is 1. The molecule has 0 radical (unpaired) electrons. The summed E-state index contributed by atoms with van der Waals surface area (Å²) in [6.07, 6.45) is 2.43. The normalized spacial score (nSPS) is 17.8. The Bertz CT molecular complexity index is 700. The predicted octanol–water partition coefficient (Wildman–Crippen LogP) is 3.54. The molecule has 4 heteroatoms. The van der Waals surface area contributed by atoms with Gasteiger partial charge >= 0.3 is 0 Å². The highest BCUT2D eigenvalue weighted by Crippen LogP contribution is 2.31. The SMILES string of the molecule is CCOC(C(=O)NC1CCCc2cc(N)ccc21)c1ccccc1. The van der Waals surface area contributed by atoms with Gasteiger partial charge < -0.3 is 15.8 Å². The molecule has 1 amide bonds. The molecule has 24 heavy (non-hydrogen) atoms. The Morgan fingerprint density at radius 2 is 2.08 bits per heavy atom. The van der Waals surface area contributed by atoms with Crippen molar-refractivity contribution in [2.75, 3.05) is 12.3 Å². The Hall–Kier alpha value is -2.33. The molecule has 0 aliphatic heterocycles. The lowest BCUT2D eigenvalue weighted by Gasteiger charge is -2.28. The van der Waals surface area contributed by atoms with Crippen molar-refractivity contribution in [1.82, 2.24) is 5.32 Å². The van der Waals surface area contributed by atoms with Crippen LogP contribution in [0.1, 0.15) is 48.6 Å². The maximum atomic E-state index is 12.8. The molecule has 0 bridgehead atoms. The zero-order valence-corrected chi connectivity index (χ0v) is 14.0. The van der Waals surface area contributed by atoms with E-state index in [0.717, 1.165) is 30.5 Å². The second-order valence-electron chi connectivity index (χ2n) is 6.16. The van der Waals surface area contributed by atoms with E-state index >= 15 is 0 Å². The molecule has 0 saturated heterocycles. The van der Waals surface area contributed by atoms with Gasteiger partial charge in [-0.25, -0.2) is 0 Å². The van der Waals surface area contributed by atoms with Crippen molar-refractivity contribution in [1.29, 1.82) is 0 Å². The average molecular weight is 324 g/mol. The summed E-state index contributed by atoms with van der Waals surface area (Å²) in [6.45, 7) is 2.40. The van der Waals surface area contributed by atoms with E-state index < -0.39 is 6.10 Å². The van der Waals surface area contributed by atoms with Crippen LogP contribution in [0.25, 0.3) is 0 Å². The van der Waals surface area contributed by atoms with E-state index in [2.05, 4.69) is 5.32 Å². The number of hydrogen-bond acceptors (Lipinski definition) is 3. The molecule has 2 unspecified atom stereocenters. The van der Waals surface area contributed by atoms with Crippen molar-refractivity contribution in [2.24, 2.45) is 0 Å². The number of aryl methyl sites for hydroxylation is 1. The van der Waals surface area contributed by atoms with E-state index in [1.807, 2.05) is 55.5 Å². The Labute approximate surface area is 143 Å². The van der Waals surface area contributed by atoms with E-state index in [1.165, 1.54) is 11.1 Å². The molecule has 2 aromatic carbocycles. The summed E-state index contributed by atoms with van der Waals surface area (Å²) < 4.78 is 5.71. The maximum absolute atomic E-state index is 12.8. The number of benzene rings is 2. The zero-order chi connectivity index (χ0) is 16.9. The minimum absolute atomic E-state index is 0.0218. The van der Waals surface area contributed by atoms with Gasteiger partial charge in [-0.05, 0) is 55.0 Å². The third kappa shape index (κ3) is 3.60. The van der Waals surface area contributed by atoms with E-state index in [4.69, 9.17) is 10.5 Å². The number of hydrogen-bond donors (Lipinski definition) is 2.